The van der Waals surface area contributed by atoms with Crippen molar-refractivity contribution in [1.29, 1.82) is 0 Å². The molecule has 1 saturated carbocycles. The molecule has 3 aromatic rings. The molecule has 4 rings (SSSR count). The van der Waals surface area contributed by atoms with E-state index in [1.165, 1.54) is 37.7 Å². The van der Waals surface area contributed by atoms with Gasteiger partial charge in [0.1, 0.15) is 5.82 Å². The molecule has 7 heteroatoms. The summed E-state index contributed by atoms with van der Waals surface area (Å²) in [5, 5.41) is 11.1. The molecular weight excluding hydrogens is 352 g/mol. The largest absolute Gasteiger partial charge is 0.340 e. The number of H-pyrrole nitrogens is 2. The predicted octanol–water partition coefficient (Wildman–Crippen LogP) is 3.18. The van der Waals surface area contributed by atoms with Crippen molar-refractivity contribution in [2.75, 3.05) is 7.05 Å². The van der Waals surface area contributed by atoms with E-state index in [0.29, 0.717) is 18.3 Å². The summed E-state index contributed by atoms with van der Waals surface area (Å²) in [6.07, 6.45) is 8.77. The molecule has 0 bridgehead atoms. The maximum Gasteiger partial charge on any atom is 0.340 e. The van der Waals surface area contributed by atoms with Crippen molar-refractivity contribution in [2.45, 2.75) is 51.1 Å². The van der Waals surface area contributed by atoms with Crippen LogP contribution in [-0.2, 0) is 20.1 Å². The number of benzene rings is 1. The number of nitrogens with one attached hydrogen (secondary N) is 2. The minimum Gasteiger partial charge on any atom is -0.295 e. The smallest absolute Gasteiger partial charge is 0.295 e. The van der Waals surface area contributed by atoms with Gasteiger partial charge in [0, 0.05) is 30.9 Å². The molecule has 0 saturated heterocycles. The Hall–Kier alpha value is -2.67. The highest BCUT2D eigenvalue weighted by Gasteiger charge is 2.17. The summed E-state index contributed by atoms with van der Waals surface area (Å²) in [5.41, 5.74) is 4.51. The highest BCUT2D eigenvalue weighted by Crippen LogP contribution is 2.33. The third kappa shape index (κ3) is 4.25. The van der Waals surface area contributed by atoms with Crippen molar-refractivity contribution < 1.29 is 0 Å². The van der Waals surface area contributed by atoms with E-state index < -0.39 is 0 Å². The van der Waals surface area contributed by atoms with Gasteiger partial charge in [0.15, 0.2) is 0 Å². The van der Waals surface area contributed by atoms with Crippen LogP contribution in [-0.4, -0.2) is 36.9 Å². The molecule has 0 spiro atoms. The number of rotatable bonds is 6. The Morgan fingerprint density at radius 3 is 2.57 bits per heavy atom. The van der Waals surface area contributed by atoms with Gasteiger partial charge in [-0.05, 0) is 31.4 Å². The maximum atomic E-state index is 11.2. The van der Waals surface area contributed by atoms with E-state index in [9.17, 15) is 4.79 Å². The third-order valence-electron chi connectivity index (χ3n) is 5.58. The van der Waals surface area contributed by atoms with Gasteiger partial charge in [-0.3, -0.25) is 14.6 Å². The van der Waals surface area contributed by atoms with Crippen LogP contribution in [0.15, 0.2) is 35.3 Å². The van der Waals surface area contributed by atoms with Gasteiger partial charge in [0.25, 0.3) is 0 Å². The highest BCUT2D eigenvalue weighted by molar-refractivity contribution is 5.63. The Labute approximate surface area is 164 Å². The van der Waals surface area contributed by atoms with Crippen molar-refractivity contribution in [1.82, 2.24) is 29.9 Å². The van der Waals surface area contributed by atoms with Crippen LogP contribution in [0.2, 0.25) is 0 Å². The molecule has 2 N–H and O–H groups in total. The van der Waals surface area contributed by atoms with E-state index in [2.05, 4.69) is 50.5 Å². The maximum absolute atomic E-state index is 11.2. The Morgan fingerprint density at radius 1 is 1.14 bits per heavy atom. The number of aryl methyl sites for hydroxylation is 1. The lowest BCUT2D eigenvalue weighted by Crippen LogP contribution is -2.18. The summed E-state index contributed by atoms with van der Waals surface area (Å²) in [4.78, 5) is 16.0. The van der Waals surface area contributed by atoms with Crippen LogP contribution in [0.4, 0.5) is 0 Å². The highest BCUT2D eigenvalue weighted by atomic mass is 16.1. The van der Waals surface area contributed by atoms with Gasteiger partial charge in [-0.15, -0.1) is 0 Å². The van der Waals surface area contributed by atoms with Crippen molar-refractivity contribution >= 4 is 0 Å². The molecule has 2 aromatic heterocycles. The quantitative estimate of drug-likeness (QED) is 0.688. The van der Waals surface area contributed by atoms with Gasteiger partial charge in [0.2, 0.25) is 0 Å². The fourth-order valence-electron chi connectivity index (χ4n) is 4.23. The molecule has 0 unspecified atom stereocenters. The normalized spacial score (nSPS) is 15.4. The Morgan fingerprint density at radius 2 is 1.89 bits per heavy atom. The van der Waals surface area contributed by atoms with Crippen molar-refractivity contribution in [3.8, 4) is 11.3 Å². The summed E-state index contributed by atoms with van der Waals surface area (Å²) in [6.45, 7) is 1.29. The van der Waals surface area contributed by atoms with E-state index in [1.54, 1.807) is 0 Å². The molecular formula is C21H28N6O. The summed E-state index contributed by atoms with van der Waals surface area (Å²) in [5.74, 6) is 1.35. The molecule has 148 valence electrons. The molecule has 7 nitrogen and oxygen atoms in total. The first-order valence-electron chi connectivity index (χ1n) is 10.0. The van der Waals surface area contributed by atoms with Crippen LogP contribution >= 0.6 is 0 Å². The average Bonchev–Trinajstić information content (AvgIpc) is 3.27. The number of aromatic nitrogens is 5. The fourth-order valence-corrected chi connectivity index (χ4v) is 4.23. The first-order chi connectivity index (χ1) is 13.6. The lowest BCUT2D eigenvalue weighted by molar-refractivity contribution is 0.311. The van der Waals surface area contributed by atoms with Gasteiger partial charge in [-0.25, -0.2) is 9.89 Å². The second-order valence-electron chi connectivity index (χ2n) is 7.93. The van der Waals surface area contributed by atoms with Gasteiger partial charge in [-0.2, -0.15) is 10.2 Å². The van der Waals surface area contributed by atoms with E-state index in [-0.39, 0.29) is 5.69 Å². The van der Waals surface area contributed by atoms with E-state index in [0.717, 1.165) is 23.4 Å². The second kappa shape index (κ2) is 8.14. The molecule has 0 aliphatic heterocycles. The molecule has 1 aliphatic rings. The summed E-state index contributed by atoms with van der Waals surface area (Å²) in [6, 6.07) is 8.98. The molecule has 28 heavy (non-hydrogen) atoms. The zero-order chi connectivity index (χ0) is 19.5. The molecule has 0 amide bonds. The van der Waals surface area contributed by atoms with Crippen LogP contribution in [0.5, 0.6) is 0 Å². The monoisotopic (exact) mass is 380 g/mol. The number of hydrogen-bond acceptors (Lipinski definition) is 4. The molecule has 0 atom stereocenters. The lowest BCUT2D eigenvalue weighted by atomic mass is 9.84. The van der Waals surface area contributed by atoms with Crippen LogP contribution in [0, 0.1) is 0 Å². The first kappa shape index (κ1) is 18.7. The molecule has 2 heterocycles. The first-order valence-corrected chi connectivity index (χ1v) is 10.0. The van der Waals surface area contributed by atoms with Gasteiger partial charge < -0.3 is 0 Å². The zero-order valence-electron chi connectivity index (χ0n) is 16.6. The minimum absolute atomic E-state index is 0.275. The Balaban J connectivity index is 1.49. The van der Waals surface area contributed by atoms with Crippen molar-refractivity contribution in [3.05, 3.63) is 57.9 Å². The summed E-state index contributed by atoms with van der Waals surface area (Å²) < 4.78 is 1.87. The summed E-state index contributed by atoms with van der Waals surface area (Å²) in [7, 11) is 3.96. The third-order valence-corrected chi connectivity index (χ3v) is 5.58. The fraction of sp³-hybridized carbons (Fsp3) is 0.476. The van der Waals surface area contributed by atoms with Crippen molar-refractivity contribution in [3.63, 3.8) is 0 Å². The lowest BCUT2D eigenvalue weighted by Gasteiger charge is -2.22. The zero-order valence-corrected chi connectivity index (χ0v) is 16.6. The van der Waals surface area contributed by atoms with Crippen molar-refractivity contribution in [2.24, 2.45) is 7.05 Å². The van der Waals surface area contributed by atoms with Crippen LogP contribution in [0.3, 0.4) is 0 Å². The van der Waals surface area contributed by atoms with Crippen LogP contribution < -0.4 is 5.69 Å². The van der Waals surface area contributed by atoms with Crippen LogP contribution in [0.25, 0.3) is 11.3 Å². The second-order valence-corrected chi connectivity index (χ2v) is 7.93. The summed E-state index contributed by atoms with van der Waals surface area (Å²) >= 11 is 0. The van der Waals surface area contributed by atoms with E-state index in [1.807, 2.05) is 18.8 Å². The van der Waals surface area contributed by atoms with E-state index >= 15 is 0 Å². The molecule has 1 aliphatic carbocycles. The predicted molar refractivity (Wildman–Crippen MR) is 109 cm³/mol. The van der Waals surface area contributed by atoms with Gasteiger partial charge >= 0.3 is 5.69 Å². The molecule has 0 radical (unpaired) electrons. The van der Waals surface area contributed by atoms with Gasteiger partial charge in [0.05, 0.1) is 12.2 Å². The number of aromatic amines is 2. The Kier molecular flexibility index (Phi) is 5.43. The van der Waals surface area contributed by atoms with Gasteiger partial charge in [-0.1, -0.05) is 43.5 Å². The Bertz CT molecular complexity index is 961. The molecule has 1 aromatic carbocycles. The number of hydrogen-bond donors (Lipinski definition) is 2. The average molecular weight is 380 g/mol. The minimum atomic E-state index is -0.275. The SMILES string of the molecule is CN(Cc1n[nH]c(=O)[nH]1)Cc1cn(C)nc1-c1ccc(C2CCCCC2)cc1. The van der Waals surface area contributed by atoms with E-state index in [4.69, 9.17) is 5.10 Å². The molecule has 1 fully saturated rings. The number of nitrogens with zero attached hydrogens (tertiary/aromatic N) is 4. The topological polar surface area (TPSA) is 82.6 Å². The van der Waals surface area contributed by atoms with Crippen LogP contribution in [0.1, 0.15) is 55.0 Å². The standard InChI is InChI=1S/C21H28N6O/c1-26(14-19-22-21(28)24-23-19)12-18-13-27(2)25-20(18)17-10-8-16(9-11-17)15-6-4-3-5-7-15/h8-11,13,15H,3-7,12,14H2,1-2H3,(H2,22,23,24,28).